The van der Waals surface area contributed by atoms with Gasteiger partial charge in [-0.05, 0) is 36.5 Å². The van der Waals surface area contributed by atoms with Crippen LogP contribution < -0.4 is 10.6 Å². The third kappa shape index (κ3) is 6.57. The zero-order valence-corrected chi connectivity index (χ0v) is 17.0. The molecule has 0 aromatic rings. The summed E-state index contributed by atoms with van der Waals surface area (Å²) < 4.78 is 0. The van der Waals surface area contributed by atoms with Gasteiger partial charge in [-0.15, -0.1) is 0 Å². The van der Waals surface area contributed by atoms with Crippen LogP contribution in [0, 0.1) is 29.6 Å². The van der Waals surface area contributed by atoms with Crippen molar-refractivity contribution in [3.05, 3.63) is 36.0 Å². The average Bonchev–Trinajstić information content (AvgIpc) is 2.52. The van der Waals surface area contributed by atoms with Crippen LogP contribution in [-0.4, -0.2) is 25.7 Å². The zero-order chi connectivity index (χ0) is 18.1. The van der Waals surface area contributed by atoms with Gasteiger partial charge >= 0.3 is 0 Å². The van der Waals surface area contributed by atoms with Crippen LogP contribution in [0.2, 0.25) is 0 Å². The van der Waals surface area contributed by atoms with Gasteiger partial charge in [0.2, 0.25) is 0 Å². The second kappa shape index (κ2) is 10.9. The highest BCUT2D eigenvalue weighted by Crippen LogP contribution is 2.29. The molecule has 0 radical (unpaired) electrons. The molecular weight excluding hydrogens is 292 g/mol. The van der Waals surface area contributed by atoms with Crippen molar-refractivity contribution in [2.45, 2.75) is 54.5 Å². The van der Waals surface area contributed by atoms with E-state index >= 15 is 0 Å². The first kappa shape index (κ1) is 21.2. The summed E-state index contributed by atoms with van der Waals surface area (Å²) in [7, 11) is 0. The van der Waals surface area contributed by atoms with E-state index in [9.17, 15) is 0 Å². The molecule has 1 aliphatic rings. The Kier molecular flexibility index (Phi) is 9.61. The van der Waals surface area contributed by atoms with Crippen LogP contribution in [0.25, 0.3) is 0 Å². The maximum absolute atomic E-state index is 3.82. The Bertz CT molecular complexity index is 429. The Labute approximate surface area is 150 Å². The van der Waals surface area contributed by atoms with Gasteiger partial charge in [-0.1, -0.05) is 77.5 Å². The van der Waals surface area contributed by atoms with E-state index < -0.39 is 0 Å². The van der Waals surface area contributed by atoms with Crippen LogP contribution >= 0.6 is 0 Å². The number of hydrogen-bond donors (Lipinski definition) is 2. The monoisotopic (exact) mass is 332 g/mol. The quantitative estimate of drug-likeness (QED) is 0.443. The zero-order valence-electron chi connectivity index (χ0n) is 17.0. The lowest BCUT2D eigenvalue weighted by Crippen LogP contribution is -2.44. The van der Waals surface area contributed by atoms with Crippen molar-refractivity contribution in [1.29, 1.82) is 0 Å². The lowest BCUT2D eigenvalue weighted by molar-refractivity contribution is 0.342. The Morgan fingerprint density at radius 3 is 2.33 bits per heavy atom. The summed E-state index contributed by atoms with van der Waals surface area (Å²) in [5.74, 6) is 3.17. The maximum Gasteiger partial charge on any atom is 0.0351 e. The molecule has 0 spiro atoms. The molecule has 0 saturated carbocycles. The lowest BCUT2D eigenvalue weighted by Gasteiger charge is -2.35. The molecule has 0 aliphatic heterocycles. The molecule has 24 heavy (non-hydrogen) atoms. The molecule has 138 valence electrons. The molecule has 0 saturated heterocycles. The fourth-order valence-corrected chi connectivity index (χ4v) is 3.50. The predicted octanol–water partition coefficient (Wildman–Crippen LogP) is 4.81. The van der Waals surface area contributed by atoms with E-state index in [1.165, 1.54) is 0 Å². The molecule has 0 aromatic carbocycles. The van der Waals surface area contributed by atoms with Gasteiger partial charge in [0.05, 0.1) is 0 Å². The average molecular weight is 333 g/mol. The molecule has 0 heterocycles. The first-order valence-corrected chi connectivity index (χ1v) is 9.83. The first-order valence-electron chi connectivity index (χ1n) is 9.83. The molecular formula is C22H40N2. The second-order valence-electron chi connectivity index (χ2n) is 8.10. The fourth-order valence-electron chi connectivity index (χ4n) is 3.50. The summed E-state index contributed by atoms with van der Waals surface area (Å²) in [5.41, 5.74) is 1.55. The van der Waals surface area contributed by atoms with E-state index in [0.29, 0.717) is 35.6 Å². The molecule has 1 aliphatic carbocycles. The summed E-state index contributed by atoms with van der Waals surface area (Å²) in [6.45, 7) is 19.1. The van der Waals surface area contributed by atoms with Crippen LogP contribution in [-0.2, 0) is 0 Å². The van der Waals surface area contributed by atoms with Crippen molar-refractivity contribution >= 4 is 0 Å². The van der Waals surface area contributed by atoms with Gasteiger partial charge in [0.1, 0.15) is 0 Å². The molecule has 2 nitrogen and oxygen atoms in total. The number of hydrogen-bond acceptors (Lipinski definition) is 2. The van der Waals surface area contributed by atoms with Crippen molar-refractivity contribution in [1.82, 2.24) is 10.6 Å². The van der Waals surface area contributed by atoms with Gasteiger partial charge in [-0.25, -0.2) is 0 Å². The fraction of sp³-hybridized carbons (Fsp3) is 0.727. The maximum atomic E-state index is 3.82. The van der Waals surface area contributed by atoms with Gasteiger partial charge in [0.15, 0.2) is 0 Å². The second-order valence-corrected chi connectivity index (χ2v) is 8.10. The minimum absolute atomic E-state index is 0.480. The van der Waals surface area contributed by atoms with Gasteiger partial charge in [0.25, 0.3) is 0 Å². The minimum Gasteiger partial charge on any atom is -0.315 e. The van der Waals surface area contributed by atoms with Crippen molar-refractivity contribution in [2.75, 3.05) is 19.6 Å². The van der Waals surface area contributed by atoms with Crippen LogP contribution in [0.5, 0.6) is 0 Å². The highest BCUT2D eigenvalue weighted by molar-refractivity contribution is 5.28. The summed E-state index contributed by atoms with van der Waals surface area (Å²) >= 11 is 0. The standard InChI is InChI=1S/C22H40N2/c1-8-10-19(16(2)3)15-23-13-14-24-22-20(17(4)5)11-9-12-21(22)18(6)7/h8-12,16-20,22-24H,13-15H2,1-7H3/b10-8-/t19?,20?,22-/m0/s1. The molecule has 0 fully saturated rings. The topological polar surface area (TPSA) is 24.1 Å². The highest BCUT2D eigenvalue weighted by Gasteiger charge is 2.28. The van der Waals surface area contributed by atoms with E-state index in [0.717, 1.165) is 19.6 Å². The lowest BCUT2D eigenvalue weighted by atomic mass is 9.78. The molecule has 0 aromatic heterocycles. The third-order valence-corrected chi connectivity index (χ3v) is 5.14. The Balaban J connectivity index is 2.48. The van der Waals surface area contributed by atoms with E-state index in [1.54, 1.807) is 5.57 Å². The predicted molar refractivity (Wildman–Crippen MR) is 108 cm³/mol. The Morgan fingerprint density at radius 2 is 1.79 bits per heavy atom. The van der Waals surface area contributed by atoms with Crippen molar-refractivity contribution in [2.24, 2.45) is 29.6 Å². The normalized spacial score (nSPS) is 22.8. The van der Waals surface area contributed by atoms with E-state index in [1.807, 2.05) is 0 Å². The largest absolute Gasteiger partial charge is 0.315 e. The molecule has 3 atom stereocenters. The number of rotatable bonds is 10. The molecule has 2 N–H and O–H groups in total. The van der Waals surface area contributed by atoms with Crippen LogP contribution in [0.15, 0.2) is 36.0 Å². The van der Waals surface area contributed by atoms with Crippen molar-refractivity contribution < 1.29 is 0 Å². The van der Waals surface area contributed by atoms with E-state index in [4.69, 9.17) is 0 Å². The molecule has 2 unspecified atom stereocenters. The van der Waals surface area contributed by atoms with Crippen molar-refractivity contribution in [3.63, 3.8) is 0 Å². The van der Waals surface area contributed by atoms with Gasteiger partial charge in [0, 0.05) is 25.7 Å². The van der Waals surface area contributed by atoms with Crippen LogP contribution in [0.4, 0.5) is 0 Å². The molecule has 0 bridgehead atoms. The van der Waals surface area contributed by atoms with E-state index in [-0.39, 0.29) is 0 Å². The SMILES string of the molecule is C/C=C\C(CNCCN[C@@H]1C(C(C)C)=CC=CC1C(C)C)C(C)C. The van der Waals surface area contributed by atoms with Gasteiger partial charge in [-0.3, -0.25) is 0 Å². The van der Waals surface area contributed by atoms with Crippen molar-refractivity contribution in [3.8, 4) is 0 Å². The molecule has 1 rings (SSSR count). The Hall–Kier alpha value is -0.860. The van der Waals surface area contributed by atoms with E-state index in [2.05, 4.69) is 89.5 Å². The summed E-state index contributed by atoms with van der Waals surface area (Å²) in [5, 5.41) is 7.45. The highest BCUT2D eigenvalue weighted by atomic mass is 15.0. The smallest absolute Gasteiger partial charge is 0.0351 e. The van der Waals surface area contributed by atoms with Crippen LogP contribution in [0.3, 0.4) is 0 Å². The molecule has 0 amide bonds. The Morgan fingerprint density at radius 1 is 1.08 bits per heavy atom. The first-order chi connectivity index (χ1) is 11.4. The number of nitrogens with one attached hydrogen (secondary N) is 2. The third-order valence-electron chi connectivity index (χ3n) is 5.14. The summed E-state index contributed by atoms with van der Waals surface area (Å²) in [6, 6.07) is 0.480. The number of allylic oxidation sites excluding steroid dienone is 3. The minimum atomic E-state index is 0.480. The van der Waals surface area contributed by atoms with Crippen LogP contribution in [0.1, 0.15) is 48.5 Å². The summed E-state index contributed by atoms with van der Waals surface area (Å²) in [6.07, 6.45) is 11.4. The molecule has 2 heteroatoms. The summed E-state index contributed by atoms with van der Waals surface area (Å²) in [4.78, 5) is 0. The van der Waals surface area contributed by atoms with Gasteiger partial charge in [-0.2, -0.15) is 0 Å². The van der Waals surface area contributed by atoms with Gasteiger partial charge < -0.3 is 10.6 Å².